The summed E-state index contributed by atoms with van der Waals surface area (Å²) in [5.74, 6) is -0.0294. The van der Waals surface area contributed by atoms with Crippen LogP contribution in [0.3, 0.4) is 0 Å². The molecule has 1 atom stereocenters. The van der Waals surface area contributed by atoms with Gasteiger partial charge in [-0.15, -0.1) is 0 Å². The van der Waals surface area contributed by atoms with Crippen molar-refractivity contribution in [3.05, 3.63) is 59.7 Å². The molecule has 8 heteroatoms. The Balaban J connectivity index is 1.71. The molecular weight excluding hydrogens is 460 g/mol. The Morgan fingerprint density at radius 1 is 0.944 bits per heavy atom. The van der Waals surface area contributed by atoms with Crippen LogP contribution in [-0.4, -0.2) is 55.1 Å². The van der Waals surface area contributed by atoms with Crippen molar-refractivity contribution in [1.82, 2.24) is 10.2 Å². The van der Waals surface area contributed by atoms with E-state index in [1.54, 1.807) is 32.0 Å². The van der Waals surface area contributed by atoms with E-state index < -0.39 is 12.0 Å². The lowest BCUT2D eigenvalue weighted by atomic mass is 10.0. The lowest BCUT2D eigenvalue weighted by Crippen LogP contribution is -2.38. The molecule has 194 valence electrons. The van der Waals surface area contributed by atoms with Gasteiger partial charge in [0.1, 0.15) is 0 Å². The maximum atomic E-state index is 13.2. The number of hydrogen-bond donors (Lipinski definition) is 1. The summed E-state index contributed by atoms with van der Waals surface area (Å²) in [4.78, 5) is 39.8. The highest BCUT2D eigenvalue weighted by molar-refractivity contribution is 5.95. The molecule has 1 N–H and O–H groups in total. The molecule has 0 spiro atoms. The molecule has 0 saturated carbocycles. The van der Waals surface area contributed by atoms with Crippen LogP contribution in [0.5, 0.6) is 11.5 Å². The molecule has 3 rings (SSSR count). The summed E-state index contributed by atoms with van der Waals surface area (Å²) < 4.78 is 16.8. The summed E-state index contributed by atoms with van der Waals surface area (Å²) in [6, 6.07) is 13.6. The van der Waals surface area contributed by atoms with Gasteiger partial charge >= 0.3 is 5.97 Å². The summed E-state index contributed by atoms with van der Waals surface area (Å²) in [6.07, 6.45) is 2.93. The second-order valence-corrected chi connectivity index (χ2v) is 9.00. The van der Waals surface area contributed by atoms with Crippen molar-refractivity contribution in [2.75, 3.05) is 26.3 Å². The largest absolute Gasteiger partial charge is 0.490 e. The monoisotopic (exact) mass is 496 g/mol. The number of amides is 2. The maximum Gasteiger partial charge on any atom is 0.308 e. The lowest BCUT2D eigenvalue weighted by Gasteiger charge is -2.26. The number of rotatable bonds is 11. The highest BCUT2D eigenvalue weighted by atomic mass is 16.5. The van der Waals surface area contributed by atoms with Gasteiger partial charge in [0.05, 0.1) is 25.2 Å². The number of nitrogens with one attached hydrogen (secondary N) is 1. The summed E-state index contributed by atoms with van der Waals surface area (Å²) in [5, 5.41) is 2.94. The van der Waals surface area contributed by atoms with Crippen molar-refractivity contribution in [1.29, 1.82) is 0 Å². The van der Waals surface area contributed by atoms with Crippen LogP contribution in [0.2, 0.25) is 0 Å². The van der Waals surface area contributed by atoms with Gasteiger partial charge in [-0.1, -0.05) is 30.3 Å². The molecule has 0 aliphatic carbocycles. The number of benzene rings is 2. The van der Waals surface area contributed by atoms with Gasteiger partial charge in [-0.05, 0) is 63.8 Å². The molecule has 0 radical (unpaired) electrons. The SMILES string of the molecule is CCOc1cc(C(=O)NC(CC(=O)OC(C)C)c2ccccc2)ccc1OCC(=O)N1CCCCC1. The van der Waals surface area contributed by atoms with Crippen LogP contribution in [0.25, 0.3) is 0 Å². The minimum atomic E-state index is -0.557. The van der Waals surface area contributed by atoms with Gasteiger partial charge in [-0.3, -0.25) is 14.4 Å². The van der Waals surface area contributed by atoms with Gasteiger partial charge in [0.25, 0.3) is 11.8 Å². The van der Waals surface area contributed by atoms with E-state index in [1.807, 2.05) is 42.2 Å². The predicted molar refractivity (Wildman–Crippen MR) is 136 cm³/mol. The van der Waals surface area contributed by atoms with E-state index in [0.717, 1.165) is 37.9 Å². The lowest BCUT2D eigenvalue weighted by molar-refractivity contribution is -0.148. The van der Waals surface area contributed by atoms with Crippen molar-refractivity contribution >= 4 is 17.8 Å². The first kappa shape index (κ1) is 27.0. The number of nitrogens with zero attached hydrogens (tertiary/aromatic N) is 1. The minimum Gasteiger partial charge on any atom is -0.490 e. The fraction of sp³-hybridized carbons (Fsp3) is 0.464. The van der Waals surface area contributed by atoms with Crippen LogP contribution in [0.1, 0.15) is 68.4 Å². The van der Waals surface area contributed by atoms with Crippen LogP contribution in [-0.2, 0) is 14.3 Å². The number of likely N-dealkylation sites (tertiary alicyclic amines) is 1. The highest BCUT2D eigenvalue weighted by Crippen LogP contribution is 2.29. The van der Waals surface area contributed by atoms with Crippen LogP contribution >= 0.6 is 0 Å². The van der Waals surface area contributed by atoms with E-state index >= 15 is 0 Å². The fourth-order valence-electron chi connectivity index (χ4n) is 4.07. The molecule has 1 aliphatic rings. The molecular formula is C28H36N2O6. The van der Waals surface area contributed by atoms with E-state index in [-0.39, 0.29) is 30.9 Å². The fourth-order valence-corrected chi connectivity index (χ4v) is 4.07. The second kappa shape index (κ2) is 13.5. The van der Waals surface area contributed by atoms with E-state index in [9.17, 15) is 14.4 Å². The summed E-state index contributed by atoms with van der Waals surface area (Å²) in [5.41, 5.74) is 1.15. The molecule has 8 nitrogen and oxygen atoms in total. The summed E-state index contributed by atoms with van der Waals surface area (Å²) >= 11 is 0. The van der Waals surface area contributed by atoms with Crippen molar-refractivity contribution in [2.45, 2.75) is 58.6 Å². The van der Waals surface area contributed by atoms with Crippen LogP contribution in [0.15, 0.2) is 48.5 Å². The first-order chi connectivity index (χ1) is 17.4. The average Bonchev–Trinajstić information content (AvgIpc) is 2.88. The van der Waals surface area contributed by atoms with Crippen molar-refractivity contribution < 1.29 is 28.6 Å². The first-order valence-corrected chi connectivity index (χ1v) is 12.6. The summed E-state index contributed by atoms with van der Waals surface area (Å²) in [6.45, 7) is 7.20. The Hall–Kier alpha value is -3.55. The number of carbonyl (C=O) groups excluding carboxylic acids is 3. The number of ether oxygens (including phenoxy) is 3. The van der Waals surface area contributed by atoms with Gasteiger partial charge in [0.15, 0.2) is 18.1 Å². The van der Waals surface area contributed by atoms with Gasteiger partial charge in [-0.2, -0.15) is 0 Å². The van der Waals surface area contributed by atoms with Crippen LogP contribution < -0.4 is 14.8 Å². The van der Waals surface area contributed by atoms with Crippen molar-refractivity contribution in [3.63, 3.8) is 0 Å². The molecule has 2 aromatic carbocycles. The zero-order valence-electron chi connectivity index (χ0n) is 21.3. The zero-order valence-corrected chi connectivity index (χ0v) is 21.3. The predicted octanol–water partition coefficient (Wildman–Crippen LogP) is 4.29. The molecule has 1 aliphatic heterocycles. The first-order valence-electron chi connectivity index (χ1n) is 12.6. The third kappa shape index (κ3) is 8.00. The Bertz CT molecular complexity index is 1020. The molecule has 2 aromatic rings. The van der Waals surface area contributed by atoms with E-state index in [4.69, 9.17) is 14.2 Å². The molecule has 1 fully saturated rings. The molecule has 36 heavy (non-hydrogen) atoms. The number of carbonyl (C=O) groups is 3. The smallest absolute Gasteiger partial charge is 0.308 e. The second-order valence-electron chi connectivity index (χ2n) is 9.00. The Kier molecular flexibility index (Phi) is 10.2. The van der Waals surface area contributed by atoms with E-state index in [2.05, 4.69) is 5.32 Å². The quantitative estimate of drug-likeness (QED) is 0.467. The Labute approximate surface area is 212 Å². The zero-order chi connectivity index (χ0) is 25.9. The Morgan fingerprint density at radius 3 is 2.33 bits per heavy atom. The third-order valence-electron chi connectivity index (χ3n) is 5.81. The topological polar surface area (TPSA) is 94.2 Å². The van der Waals surface area contributed by atoms with Crippen molar-refractivity contribution in [3.8, 4) is 11.5 Å². The number of hydrogen-bond acceptors (Lipinski definition) is 6. The van der Waals surface area contributed by atoms with E-state index in [0.29, 0.717) is 23.7 Å². The maximum absolute atomic E-state index is 13.2. The van der Waals surface area contributed by atoms with Crippen molar-refractivity contribution in [2.24, 2.45) is 0 Å². The summed E-state index contributed by atoms with van der Waals surface area (Å²) in [7, 11) is 0. The number of piperidine rings is 1. The highest BCUT2D eigenvalue weighted by Gasteiger charge is 2.22. The minimum absolute atomic E-state index is 0.00601. The molecule has 1 heterocycles. The van der Waals surface area contributed by atoms with Gasteiger partial charge < -0.3 is 24.4 Å². The molecule has 1 unspecified atom stereocenters. The van der Waals surface area contributed by atoms with Gasteiger partial charge in [0.2, 0.25) is 0 Å². The van der Waals surface area contributed by atoms with Gasteiger partial charge in [0, 0.05) is 18.7 Å². The molecule has 1 saturated heterocycles. The molecule has 2 amide bonds. The average molecular weight is 497 g/mol. The Morgan fingerprint density at radius 2 is 1.67 bits per heavy atom. The van der Waals surface area contributed by atoms with Gasteiger partial charge in [-0.25, -0.2) is 0 Å². The molecule has 0 bridgehead atoms. The van der Waals surface area contributed by atoms with Crippen LogP contribution in [0.4, 0.5) is 0 Å². The third-order valence-corrected chi connectivity index (χ3v) is 5.81. The normalized spacial score (nSPS) is 14.2. The number of esters is 1. The van der Waals surface area contributed by atoms with Crippen LogP contribution in [0, 0.1) is 0 Å². The molecule has 0 aromatic heterocycles. The van der Waals surface area contributed by atoms with E-state index in [1.165, 1.54) is 0 Å². The standard InChI is InChI=1S/C28H36N2O6/c1-4-34-25-17-22(13-14-24(25)35-19-26(31)30-15-9-6-10-16-30)28(33)29-23(18-27(32)36-20(2)3)21-11-7-5-8-12-21/h5,7-8,11-14,17,20,23H,4,6,9-10,15-16,18-19H2,1-3H3,(H,29,33).